The van der Waals surface area contributed by atoms with Crippen molar-refractivity contribution in [2.24, 2.45) is 0 Å². The lowest BCUT2D eigenvalue weighted by molar-refractivity contribution is -0.137. The summed E-state index contributed by atoms with van der Waals surface area (Å²) in [5.74, 6) is 0.733. The first-order valence-corrected chi connectivity index (χ1v) is 8.21. The predicted octanol–water partition coefficient (Wildman–Crippen LogP) is 3.33. The summed E-state index contributed by atoms with van der Waals surface area (Å²) in [5.41, 5.74) is 0.0292. The van der Waals surface area contributed by atoms with Gasteiger partial charge < -0.3 is 15.1 Å². The van der Waals surface area contributed by atoms with Gasteiger partial charge in [-0.05, 0) is 36.4 Å². The van der Waals surface area contributed by atoms with E-state index in [0.717, 1.165) is 18.0 Å². The van der Waals surface area contributed by atoms with Gasteiger partial charge >= 0.3 is 12.2 Å². The number of amides is 2. The fourth-order valence-corrected chi connectivity index (χ4v) is 2.72. The molecule has 1 saturated heterocycles. The van der Waals surface area contributed by atoms with E-state index in [1.165, 1.54) is 18.3 Å². The standard InChI is InChI=1S/C18H16F3N5O/c19-18(20,21)14-2-4-15(5-3-14)24-17(27)26-9-7-25(8-10-26)16-6-1-13(11-22)12-23-16/h1-6,12H,7-10H2,(H,24,27). The lowest BCUT2D eigenvalue weighted by atomic mass is 10.2. The highest BCUT2D eigenvalue weighted by Crippen LogP contribution is 2.29. The molecule has 1 aromatic carbocycles. The van der Waals surface area contributed by atoms with Gasteiger partial charge in [-0.3, -0.25) is 0 Å². The second kappa shape index (κ2) is 7.53. The Morgan fingerprint density at radius 1 is 1.07 bits per heavy atom. The van der Waals surface area contributed by atoms with Crippen molar-refractivity contribution >= 4 is 17.5 Å². The molecule has 0 bridgehead atoms. The first kappa shape index (κ1) is 18.5. The fraction of sp³-hybridized carbons (Fsp3) is 0.278. The highest BCUT2D eigenvalue weighted by molar-refractivity contribution is 5.89. The molecular weight excluding hydrogens is 359 g/mol. The van der Waals surface area contributed by atoms with Crippen LogP contribution in [-0.4, -0.2) is 42.1 Å². The third kappa shape index (κ3) is 4.47. The van der Waals surface area contributed by atoms with Crippen LogP contribution < -0.4 is 10.2 Å². The number of hydrogen-bond acceptors (Lipinski definition) is 4. The van der Waals surface area contributed by atoms with Crippen molar-refractivity contribution in [3.8, 4) is 6.07 Å². The Labute approximate surface area is 153 Å². The molecule has 2 amide bonds. The van der Waals surface area contributed by atoms with Crippen LogP contribution in [-0.2, 0) is 6.18 Å². The molecule has 0 aliphatic carbocycles. The van der Waals surface area contributed by atoms with Crippen LogP contribution in [0.5, 0.6) is 0 Å². The van der Waals surface area contributed by atoms with Gasteiger partial charge in [0.05, 0.1) is 11.1 Å². The Morgan fingerprint density at radius 3 is 2.26 bits per heavy atom. The number of alkyl halides is 3. The lowest BCUT2D eigenvalue weighted by Crippen LogP contribution is -2.50. The Hall–Kier alpha value is -3.28. The minimum absolute atomic E-state index is 0.309. The molecule has 1 aliphatic heterocycles. The number of nitrogens with one attached hydrogen (secondary N) is 1. The normalized spacial score (nSPS) is 14.6. The zero-order valence-corrected chi connectivity index (χ0v) is 14.2. The van der Waals surface area contributed by atoms with Gasteiger partial charge in [0.25, 0.3) is 0 Å². The van der Waals surface area contributed by atoms with Gasteiger partial charge in [0.1, 0.15) is 11.9 Å². The third-order valence-corrected chi connectivity index (χ3v) is 4.23. The van der Waals surface area contributed by atoms with Crippen LogP contribution in [0.1, 0.15) is 11.1 Å². The van der Waals surface area contributed by atoms with E-state index in [0.29, 0.717) is 37.4 Å². The molecule has 0 atom stereocenters. The molecular formula is C18H16F3N5O. The molecule has 6 nitrogen and oxygen atoms in total. The van der Waals surface area contributed by atoms with Crippen LogP contribution in [0, 0.1) is 11.3 Å². The van der Waals surface area contributed by atoms with Crippen molar-refractivity contribution in [3.63, 3.8) is 0 Å². The van der Waals surface area contributed by atoms with Gasteiger partial charge in [-0.15, -0.1) is 0 Å². The number of carbonyl (C=O) groups excluding carboxylic acids is 1. The molecule has 140 valence electrons. The highest BCUT2D eigenvalue weighted by Gasteiger charge is 2.30. The molecule has 1 aliphatic rings. The zero-order valence-electron chi connectivity index (χ0n) is 14.2. The number of rotatable bonds is 2. The number of hydrogen-bond donors (Lipinski definition) is 1. The molecule has 3 rings (SSSR count). The van der Waals surface area contributed by atoms with E-state index in [2.05, 4.69) is 10.3 Å². The highest BCUT2D eigenvalue weighted by atomic mass is 19.4. The van der Waals surface area contributed by atoms with Gasteiger partial charge in [-0.2, -0.15) is 18.4 Å². The maximum Gasteiger partial charge on any atom is 0.416 e. The van der Waals surface area contributed by atoms with Crippen molar-refractivity contribution in [1.82, 2.24) is 9.88 Å². The lowest BCUT2D eigenvalue weighted by Gasteiger charge is -2.35. The van der Waals surface area contributed by atoms with Crippen LogP contribution in [0.3, 0.4) is 0 Å². The summed E-state index contributed by atoms with van der Waals surface area (Å²) in [4.78, 5) is 20.1. The van der Waals surface area contributed by atoms with Crippen molar-refractivity contribution in [2.75, 3.05) is 36.4 Å². The van der Waals surface area contributed by atoms with Crippen molar-refractivity contribution in [1.29, 1.82) is 5.26 Å². The minimum Gasteiger partial charge on any atom is -0.353 e. The van der Waals surface area contributed by atoms with Gasteiger partial charge in [0.15, 0.2) is 0 Å². The van der Waals surface area contributed by atoms with Crippen molar-refractivity contribution < 1.29 is 18.0 Å². The van der Waals surface area contributed by atoms with E-state index < -0.39 is 11.7 Å². The molecule has 0 saturated carbocycles. The second-order valence-electron chi connectivity index (χ2n) is 6.00. The number of benzene rings is 1. The first-order chi connectivity index (χ1) is 12.9. The summed E-state index contributed by atoms with van der Waals surface area (Å²) in [5, 5.41) is 11.4. The van der Waals surface area contributed by atoms with Gasteiger partial charge in [0.2, 0.25) is 0 Å². The van der Waals surface area contributed by atoms with Crippen molar-refractivity contribution in [3.05, 3.63) is 53.7 Å². The molecule has 0 radical (unpaired) electrons. The molecule has 0 unspecified atom stereocenters. The Morgan fingerprint density at radius 2 is 1.74 bits per heavy atom. The van der Waals surface area contributed by atoms with E-state index in [9.17, 15) is 18.0 Å². The fourth-order valence-electron chi connectivity index (χ4n) is 2.72. The molecule has 1 fully saturated rings. The maximum absolute atomic E-state index is 12.6. The zero-order chi connectivity index (χ0) is 19.4. The Bertz CT molecular complexity index is 835. The largest absolute Gasteiger partial charge is 0.416 e. The Kier molecular flexibility index (Phi) is 5.16. The molecule has 9 heteroatoms. The number of nitrogens with zero attached hydrogens (tertiary/aromatic N) is 4. The number of halogens is 3. The number of anilines is 2. The van der Waals surface area contributed by atoms with Crippen molar-refractivity contribution in [2.45, 2.75) is 6.18 Å². The quantitative estimate of drug-likeness (QED) is 0.874. The van der Waals surface area contributed by atoms with Gasteiger partial charge in [0, 0.05) is 38.1 Å². The summed E-state index contributed by atoms with van der Waals surface area (Å²) < 4.78 is 37.7. The molecule has 2 aromatic rings. The monoisotopic (exact) mass is 375 g/mol. The number of pyridine rings is 1. The average Bonchev–Trinajstić information content (AvgIpc) is 2.68. The molecule has 27 heavy (non-hydrogen) atoms. The Balaban J connectivity index is 1.54. The number of carbonyl (C=O) groups is 1. The smallest absolute Gasteiger partial charge is 0.353 e. The topological polar surface area (TPSA) is 72.3 Å². The number of aromatic nitrogens is 1. The summed E-state index contributed by atoms with van der Waals surface area (Å²) in [6.07, 6.45) is -2.91. The van der Waals surface area contributed by atoms with Gasteiger partial charge in [-0.25, -0.2) is 9.78 Å². The molecule has 2 heterocycles. The van der Waals surface area contributed by atoms with Crippen LogP contribution in [0.2, 0.25) is 0 Å². The van der Waals surface area contributed by atoms with E-state index in [-0.39, 0.29) is 6.03 Å². The molecule has 1 N–H and O–H groups in total. The predicted molar refractivity (Wildman–Crippen MR) is 93.2 cm³/mol. The number of piperazine rings is 1. The average molecular weight is 375 g/mol. The van der Waals surface area contributed by atoms with Crippen LogP contribution in [0.25, 0.3) is 0 Å². The molecule has 1 aromatic heterocycles. The summed E-state index contributed by atoms with van der Waals surface area (Å²) in [6.45, 7) is 2.04. The molecule has 0 spiro atoms. The first-order valence-electron chi connectivity index (χ1n) is 8.21. The number of urea groups is 1. The second-order valence-corrected chi connectivity index (χ2v) is 6.00. The summed E-state index contributed by atoms with van der Waals surface area (Å²) in [6, 6.07) is 9.43. The maximum atomic E-state index is 12.6. The van der Waals surface area contributed by atoms with Gasteiger partial charge in [-0.1, -0.05) is 0 Å². The van der Waals surface area contributed by atoms with Crippen LogP contribution in [0.4, 0.5) is 29.5 Å². The van der Waals surface area contributed by atoms with Crippen LogP contribution >= 0.6 is 0 Å². The van der Waals surface area contributed by atoms with E-state index in [4.69, 9.17) is 5.26 Å². The third-order valence-electron chi connectivity index (χ3n) is 4.23. The van der Waals surface area contributed by atoms with E-state index in [1.807, 2.05) is 11.0 Å². The number of nitriles is 1. The summed E-state index contributed by atoms with van der Waals surface area (Å²) in [7, 11) is 0. The van der Waals surface area contributed by atoms with E-state index >= 15 is 0 Å². The van der Waals surface area contributed by atoms with E-state index in [1.54, 1.807) is 17.0 Å². The minimum atomic E-state index is -4.40. The summed E-state index contributed by atoms with van der Waals surface area (Å²) >= 11 is 0. The van der Waals surface area contributed by atoms with Crippen LogP contribution in [0.15, 0.2) is 42.6 Å². The SMILES string of the molecule is N#Cc1ccc(N2CCN(C(=O)Nc3ccc(C(F)(F)F)cc3)CC2)nc1.